The molecule has 20 heavy (non-hydrogen) atoms. The molecule has 1 aliphatic rings. The molecule has 1 aliphatic heterocycles. The summed E-state index contributed by atoms with van der Waals surface area (Å²) in [6.45, 7) is 4.32. The molecule has 3 N–H and O–H groups in total. The molecule has 0 unspecified atom stereocenters. The summed E-state index contributed by atoms with van der Waals surface area (Å²) in [6.07, 6.45) is 0. The highest BCUT2D eigenvalue weighted by Gasteiger charge is 2.23. The standard InChI is InChI=1S/C12H19FN4O2S/c1-9-7-10(13)11(14)8-12(9)20(18,19)15-17-5-3-16(2)4-6-17/h7-8,15H,3-6,14H2,1-2H3. The minimum absolute atomic E-state index is 0.00956. The fourth-order valence-corrected chi connectivity index (χ4v) is 3.46. The Morgan fingerprint density at radius 3 is 2.45 bits per heavy atom. The summed E-state index contributed by atoms with van der Waals surface area (Å²) < 4.78 is 37.9. The van der Waals surface area contributed by atoms with Crippen LogP contribution in [0.3, 0.4) is 0 Å². The highest BCUT2D eigenvalue weighted by molar-refractivity contribution is 7.89. The van der Waals surface area contributed by atoms with Crippen LogP contribution in [-0.4, -0.2) is 51.6 Å². The van der Waals surface area contributed by atoms with Crippen molar-refractivity contribution in [2.45, 2.75) is 11.8 Å². The number of nitrogens with one attached hydrogen (secondary N) is 1. The molecule has 0 bridgehead atoms. The lowest BCUT2D eigenvalue weighted by Crippen LogP contribution is -2.52. The van der Waals surface area contributed by atoms with Crippen molar-refractivity contribution in [3.8, 4) is 0 Å². The Bertz CT molecular complexity index is 598. The van der Waals surface area contributed by atoms with Gasteiger partial charge in [-0.3, -0.25) is 0 Å². The van der Waals surface area contributed by atoms with Crippen LogP contribution in [-0.2, 0) is 10.0 Å². The number of hydrogen-bond acceptors (Lipinski definition) is 5. The summed E-state index contributed by atoms with van der Waals surface area (Å²) in [5, 5.41) is 1.65. The molecule has 112 valence electrons. The van der Waals surface area contributed by atoms with Crippen molar-refractivity contribution in [1.82, 2.24) is 14.7 Å². The summed E-state index contributed by atoms with van der Waals surface area (Å²) >= 11 is 0. The lowest BCUT2D eigenvalue weighted by Gasteiger charge is -2.32. The van der Waals surface area contributed by atoms with Gasteiger partial charge in [0.25, 0.3) is 10.0 Å². The zero-order valence-corrected chi connectivity index (χ0v) is 12.4. The number of aryl methyl sites for hydroxylation is 1. The van der Waals surface area contributed by atoms with Gasteiger partial charge in [-0.15, -0.1) is 4.83 Å². The van der Waals surface area contributed by atoms with Crippen LogP contribution < -0.4 is 10.6 Å². The first-order valence-corrected chi connectivity index (χ1v) is 7.79. The van der Waals surface area contributed by atoms with Crippen LogP contribution in [0, 0.1) is 12.7 Å². The Hall–Kier alpha value is -1.22. The summed E-state index contributed by atoms with van der Waals surface area (Å²) in [4.78, 5) is 4.65. The minimum atomic E-state index is -3.74. The van der Waals surface area contributed by atoms with Crippen molar-refractivity contribution < 1.29 is 12.8 Å². The van der Waals surface area contributed by atoms with Crippen molar-refractivity contribution in [2.75, 3.05) is 39.0 Å². The summed E-state index contributed by atoms with van der Waals surface area (Å²) in [7, 11) is -1.75. The monoisotopic (exact) mass is 302 g/mol. The highest BCUT2D eigenvalue weighted by Crippen LogP contribution is 2.21. The molecule has 1 heterocycles. The van der Waals surface area contributed by atoms with Gasteiger partial charge in [-0.1, -0.05) is 0 Å². The number of benzene rings is 1. The van der Waals surface area contributed by atoms with Gasteiger partial charge in [0.1, 0.15) is 5.82 Å². The van der Waals surface area contributed by atoms with E-state index in [0.29, 0.717) is 18.7 Å². The molecule has 1 saturated heterocycles. The van der Waals surface area contributed by atoms with Gasteiger partial charge >= 0.3 is 0 Å². The largest absolute Gasteiger partial charge is 0.396 e. The minimum Gasteiger partial charge on any atom is -0.396 e. The number of nitrogens with zero attached hydrogens (tertiary/aromatic N) is 2. The van der Waals surface area contributed by atoms with E-state index in [4.69, 9.17) is 5.73 Å². The number of rotatable bonds is 3. The van der Waals surface area contributed by atoms with Crippen molar-refractivity contribution in [2.24, 2.45) is 0 Å². The van der Waals surface area contributed by atoms with E-state index in [9.17, 15) is 12.8 Å². The van der Waals surface area contributed by atoms with E-state index in [0.717, 1.165) is 25.2 Å². The van der Waals surface area contributed by atoms with Gasteiger partial charge in [0.15, 0.2) is 0 Å². The average molecular weight is 302 g/mol. The maximum absolute atomic E-state index is 13.3. The van der Waals surface area contributed by atoms with Crippen molar-refractivity contribution in [3.05, 3.63) is 23.5 Å². The maximum atomic E-state index is 13.3. The number of hydrogen-bond donors (Lipinski definition) is 2. The lowest BCUT2D eigenvalue weighted by molar-refractivity contribution is 0.135. The first kappa shape index (κ1) is 15.2. The number of hydrazine groups is 1. The molecule has 0 spiro atoms. The van der Waals surface area contributed by atoms with Crippen LogP contribution in [0.15, 0.2) is 17.0 Å². The first-order valence-electron chi connectivity index (χ1n) is 6.31. The second kappa shape index (κ2) is 5.65. The first-order chi connectivity index (χ1) is 9.29. The fraction of sp³-hybridized carbons (Fsp3) is 0.500. The van der Waals surface area contributed by atoms with Gasteiger partial charge in [-0.2, -0.15) is 0 Å². The number of sulfonamides is 1. The average Bonchev–Trinajstić information content (AvgIpc) is 2.36. The lowest BCUT2D eigenvalue weighted by atomic mass is 10.2. The predicted octanol–water partition coefficient (Wildman–Crippen LogP) is 0.157. The SMILES string of the molecule is Cc1cc(F)c(N)cc1S(=O)(=O)NN1CCN(C)CC1. The van der Waals surface area contributed by atoms with E-state index in [1.165, 1.54) is 0 Å². The van der Waals surface area contributed by atoms with Crippen molar-refractivity contribution in [1.29, 1.82) is 0 Å². The van der Waals surface area contributed by atoms with E-state index < -0.39 is 15.8 Å². The topological polar surface area (TPSA) is 78.7 Å². The molecule has 1 aromatic carbocycles. The van der Waals surface area contributed by atoms with Crippen LogP contribution in [0.25, 0.3) is 0 Å². The van der Waals surface area contributed by atoms with Gasteiger partial charge in [-0.05, 0) is 31.7 Å². The molecule has 0 aliphatic carbocycles. The third kappa shape index (κ3) is 3.26. The summed E-state index contributed by atoms with van der Waals surface area (Å²) in [5.41, 5.74) is 5.61. The Morgan fingerprint density at radius 2 is 1.85 bits per heavy atom. The molecule has 0 radical (unpaired) electrons. The van der Waals surface area contributed by atoms with Gasteiger partial charge in [0.05, 0.1) is 10.6 Å². The zero-order chi connectivity index (χ0) is 14.9. The summed E-state index contributed by atoms with van der Waals surface area (Å²) in [5.74, 6) is -0.610. The molecule has 0 atom stereocenters. The van der Waals surface area contributed by atoms with Crippen LogP contribution in [0.1, 0.15) is 5.56 Å². The number of anilines is 1. The van der Waals surface area contributed by atoms with Crippen LogP contribution in [0.2, 0.25) is 0 Å². The fourth-order valence-electron chi connectivity index (χ4n) is 2.07. The third-order valence-corrected chi connectivity index (χ3v) is 4.85. The Labute approximate surface area is 118 Å². The van der Waals surface area contributed by atoms with E-state index in [1.54, 1.807) is 11.9 Å². The molecule has 1 fully saturated rings. The molecular weight excluding hydrogens is 283 g/mol. The van der Waals surface area contributed by atoms with Crippen LogP contribution in [0.5, 0.6) is 0 Å². The zero-order valence-electron chi connectivity index (χ0n) is 11.6. The molecule has 0 amide bonds. The van der Waals surface area contributed by atoms with Gasteiger partial charge in [0.2, 0.25) is 0 Å². The van der Waals surface area contributed by atoms with Crippen molar-refractivity contribution >= 4 is 15.7 Å². The smallest absolute Gasteiger partial charge is 0.253 e. The number of halogens is 1. The normalized spacial score (nSPS) is 18.4. The van der Waals surface area contributed by atoms with Gasteiger partial charge in [0, 0.05) is 26.2 Å². The molecule has 6 nitrogen and oxygen atoms in total. The molecule has 0 aromatic heterocycles. The molecule has 0 saturated carbocycles. The van der Waals surface area contributed by atoms with Crippen LogP contribution in [0.4, 0.5) is 10.1 Å². The van der Waals surface area contributed by atoms with E-state index >= 15 is 0 Å². The van der Waals surface area contributed by atoms with Crippen molar-refractivity contribution in [3.63, 3.8) is 0 Å². The highest BCUT2D eigenvalue weighted by atomic mass is 32.2. The predicted molar refractivity (Wildman–Crippen MR) is 74.9 cm³/mol. The summed E-state index contributed by atoms with van der Waals surface area (Å²) in [6, 6.07) is 2.29. The maximum Gasteiger partial charge on any atom is 0.253 e. The van der Waals surface area contributed by atoms with E-state index in [2.05, 4.69) is 9.73 Å². The second-order valence-electron chi connectivity index (χ2n) is 5.02. The number of likely N-dealkylation sites (N-methyl/N-ethyl adjacent to an activating group) is 1. The van der Waals surface area contributed by atoms with Crippen LogP contribution >= 0.6 is 0 Å². The molecule has 8 heteroatoms. The Kier molecular flexibility index (Phi) is 4.28. The Morgan fingerprint density at radius 1 is 1.25 bits per heavy atom. The molecular formula is C12H19FN4O2S. The van der Waals surface area contributed by atoms with Gasteiger partial charge in [-0.25, -0.2) is 17.8 Å². The van der Waals surface area contributed by atoms with E-state index in [-0.39, 0.29) is 10.6 Å². The number of piperazine rings is 1. The number of nitrogens with two attached hydrogens (primary N) is 1. The second-order valence-corrected chi connectivity index (χ2v) is 6.65. The third-order valence-electron chi connectivity index (χ3n) is 3.34. The molecule has 2 rings (SSSR count). The molecule has 1 aromatic rings. The Balaban J connectivity index is 2.20. The van der Waals surface area contributed by atoms with Gasteiger partial charge < -0.3 is 10.6 Å². The van der Waals surface area contributed by atoms with E-state index in [1.807, 2.05) is 7.05 Å². The quantitative estimate of drug-likeness (QED) is 0.778. The number of nitrogen functional groups attached to an aromatic ring is 1.